The molecule has 0 aliphatic carbocycles. The fourth-order valence-corrected chi connectivity index (χ4v) is 1.75. The Labute approximate surface area is 84.8 Å². The number of amides is 1. The molecule has 0 aromatic carbocycles. The molecular weight excluding hydrogens is 184 g/mol. The summed E-state index contributed by atoms with van der Waals surface area (Å²) in [5, 5.41) is 2.84. The van der Waals surface area contributed by atoms with Gasteiger partial charge in [-0.25, -0.2) is 0 Å². The maximum atomic E-state index is 11.1. The molecule has 4 heteroatoms. The molecule has 0 bridgehead atoms. The molecule has 3 nitrogen and oxygen atoms in total. The molecule has 0 aromatic rings. The van der Waals surface area contributed by atoms with Crippen LogP contribution in [0.25, 0.3) is 0 Å². The molecule has 0 aliphatic heterocycles. The molecule has 1 amide bonds. The van der Waals surface area contributed by atoms with Crippen molar-refractivity contribution in [2.75, 3.05) is 11.5 Å². The van der Waals surface area contributed by atoms with Crippen molar-refractivity contribution in [3.05, 3.63) is 0 Å². The third-order valence-electron chi connectivity index (χ3n) is 1.40. The van der Waals surface area contributed by atoms with Crippen molar-refractivity contribution < 1.29 is 4.79 Å². The molecule has 0 saturated heterocycles. The third-order valence-corrected chi connectivity index (χ3v) is 2.39. The van der Waals surface area contributed by atoms with Gasteiger partial charge in [0.2, 0.25) is 5.91 Å². The average Bonchev–Trinajstić information content (AvgIpc) is 1.96. The highest BCUT2D eigenvalue weighted by atomic mass is 32.2. The lowest BCUT2D eigenvalue weighted by atomic mass is 10.3. The molecule has 0 aromatic heterocycles. The molecule has 0 saturated carbocycles. The summed E-state index contributed by atoms with van der Waals surface area (Å²) >= 11 is 1.64. The summed E-state index contributed by atoms with van der Waals surface area (Å²) in [7, 11) is 0. The van der Waals surface area contributed by atoms with E-state index in [1.807, 2.05) is 20.8 Å². The summed E-state index contributed by atoms with van der Waals surface area (Å²) < 4.78 is 0. The second kappa shape index (κ2) is 7.21. The van der Waals surface area contributed by atoms with Gasteiger partial charge in [-0.15, -0.1) is 0 Å². The fourth-order valence-electron chi connectivity index (χ4n) is 0.798. The largest absolute Gasteiger partial charge is 0.353 e. The maximum absolute atomic E-state index is 11.1. The third kappa shape index (κ3) is 9.70. The highest BCUT2D eigenvalue weighted by Gasteiger charge is 2.03. The van der Waals surface area contributed by atoms with Gasteiger partial charge in [0.1, 0.15) is 0 Å². The smallest absolute Gasteiger partial charge is 0.230 e. The van der Waals surface area contributed by atoms with Crippen molar-refractivity contribution in [3.63, 3.8) is 0 Å². The Morgan fingerprint density at radius 3 is 2.54 bits per heavy atom. The molecule has 0 spiro atoms. The topological polar surface area (TPSA) is 55.1 Å². The molecule has 0 rings (SSSR count). The molecule has 3 N–H and O–H groups in total. The Morgan fingerprint density at radius 1 is 1.46 bits per heavy atom. The zero-order valence-electron chi connectivity index (χ0n) is 8.67. The minimum atomic E-state index is 0.115. The first-order chi connectivity index (χ1) is 6.02. The molecule has 78 valence electrons. The summed E-state index contributed by atoms with van der Waals surface area (Å²) in [6.07, 6.45) is 0.972. The second-order valence-corrected chi connectivity index (χ2v) is 4.65. The van der Waals surface area contributed by atoms with Crippen molar-refractivity contribution in [2.24, 2.45) is 5.73 Å². The van der Waals surface area contributed by atoms with Crippen LogP contribution in [0.15, 0.2) is 0 Å². The lowest BCUT2D eigenvalue weighted by Crippen LogP contribution is -2.31. The molecule has 0 radical (unpaired) electrons. The summed E-state index contributed by atoms with van der Waals surface area (Å²) in [6, 6.07) is 0.474. The van der Waals surface area contributed by atoms with E-state index in [0.29, 0.717) is 5.75 Å². The molecule has 13 heavy (non-hydrogen) atoms. The van der Waals surface area contributed by atoms with Crippen LogP contribution in [0.5, 0.6) is 0 Å². The molecule has 0 fully saturated rings. The fraction of sp³-hybridized carbons (Fsp3) is 0.889. The first kappa shape index (κ1) is 12.8. The number of hydrogen-bond donors (Lipinski definition) is 2. The van der Waals surface area contributed by atoms with Gasteiger partial charge in [-0.2, -0.15) is 11.8 Å². The SMILES string of the molecule is CC(N)CCSCC(=O)NC(C)C. The summed E-state index contributed by atoms with van der Waals surface area (Å²) in [6.45, 7) is 5.91. The molecule has 0 heterocycles. The number of carbonyl (C=O) groups excluding carboxylic acids is 1. The predicted molar refractivity (Wildman–Crippen MR) is 58.9 cm³/mol. The van der Waals surface area contributed by atoms with Crippen LogP contribution in [-0.4, -0.2) is 29.5 Å². The Bertz CT molecular complexity index is 149. The van der Waals surface area contributed by atoms with Crippen LogP contribution in [0.4, 0.5) is 0 Å². The Morgan fingerprint density at radius 2 is 2.08 bits per heavy atom. The van der Waals surface area contributed by atoms with Gasteiger partial charge >= 0.3 is 0 Å². The van der Waals surface area contributed by atoms with E-state index in [1.165, 1.54) is 0 Å². The monoisotopic (exact) mass is 204 g/mol. The van der Waals surface area contributed by atoms with E-state index in [1.54, 1.807) is 11.8 Å². The zero-order valence-corrected chi connectivity index (χ0v) is 9.49. The minimum Gasteiger partial charge on any atom is -0.353 e. The second-order valence-electron chi connectivity index (χ2n) is 3.54. The normalized spacial score (nSPS) is 13.0. The van der Waals surface area contributed by atoms with Crippen LogP contribution < -0.4 is 11.1 Å². The quantitative estimate of drug-likeness (QED) is 0.634. The highest BCUT2D eigenvalue weighted by Crippen LogP contribution is 2.03. The number of nitrogens with two attached hydrogens (primary N) is 1. The molecule has 0 aliphatic rings. The van der Waals surface area contributed by atoms with E-state index < -0.39 is 0 Å². The minimum absolute atomic E-state index is 0.115. The van der Waals surface area contributed by atoms with Gasteiger partial charge in [-0.1, -0.05) is 0 Å². The van der Waals surface area contributed by atoms with E-state index in [2.05, 4.69) is 5.32 Å². The van der Waals surface area contributed by atoms with Gasteiger partial charge in [-0.3, -0.25) is 4.79 Å². The molecule has 1 atom stereocenters. The zero-order chi connectivity index (χ0) is 10.3. The van der Waals surface area contributed by atoms with Crippen LogP contribution >= 0.6 is 11.8 Å². The number of carbonyl (C=O) groups is 1. The average molecular weight is 204 g/mol. The summed E-state index contributed by atoms with van der Waals surface area (Å²) in [5.74, 6) is 1.62. The van der Waals surface area contributed by atoms with Gasteiger partial charge in [0.15, 0.2) is 0 Å². The van der Waals surface area contributed by atoms with E-state index in [9.17, 15) is 4.79 Å². The number of hydrogen-bond acceptors (Lipinski definition) is 3. The molecule has 1 unspecified atom stereocenters. The summed E-state index contributed by atoms with van der Waals surface area (Å²) in [4.78, 5) is 11.1. The summed E-state index contributed by atoms with van der Waals surface area (Å²) in [5.41, 5.74) is 5.58. The first-order valence-corrected chi connectivity index (χ1v) is 5.80. The van der Waals surface area contributed by atoms with Gasteiger partial charge in [0.25, 0.3) is 0 Å². The molecular formula is C9H20N2OS. The van der Waals surface area contributed by atoms with Crippen molar-refractivity contribution in [1.29, 1.82) is 0 Å². The number of rotatable bonds is 6. The number of nitrogens with one attached hydrogen (secondary N) is 1. The van der Waals surface area contributed by atoms with Crippen molar-refractivity contribution in [3.8, 4) is 0 Å². The van der Waals surface area contributed by atoms with Gasteiger partial charge in [-0.05, 0) is 32.9 Å². The lowest BCUT2D eigenvalue weighted by molar-refractivity contribution is -0.119. The number of thioether (sulfide) groups is 1. The Balaban J connectivity index is 3.27. The van der Waals surface area contributed by atoms with Crippen molar-refractivity contribution in [1.82, 2.24) is 5.32 Å². The van der Waals surface area contributed by atoms with Crippen LogP contribution in [0, 0.1) is 0 Å². The van der Waals surface area contributed by atoms with E-state index in [4.69, 9.17) is 5.73 Å². The van der Waals surface area contributed by atoms with Gasteiger partial charge < -0.3 is 11.1 Å². The van der Waals surface area contributed by atoms with Crippen LogP contribution in [0.1, 0.15) is 27.2 Å². The lowest BCUT2D eigenvalue weighted by Gasteiger charge is -2.08. The van der Waals surface area contributed by atoms with Crippen molar-refractivity contribution >= 4 is 17.7 Å². The first-order valence-electron chi connectivity index (χ1n) is 4.65. The van der Waals surface area contributed by atoms with Crippen molar-refractivity contribution in [2.45, 2.75) is 39.3 Å². The van der Waals surface area contributed by atoms with Gasteiger partial charge in [0.05, 0.1) is 5.75 Å². The van der Waals surface area contributed by atoms with Crippen LogP contribution in [-0.2, 0) is 4.79 Å². The van der Waals surface area contributed by atoms with E-state index in [0.717, 1.165) is 12.2 Å². The van der Waals surface area contributed by atoms with E-state index in [-0.39, 0.29) is 18.0 Å². The van der Waals surface area contributed by atoms with Crippen LogP contribution in [0.3, 0.4) is 0 Å². The van der Waals surface area contributed by atoms with Gasteiger partial charge in [0, 0.05) is 12.1 Å². The predicted octanol–water partition coefficient (Wildman–Crippen LogP) is 0.981. The highest BCUT2D eigenvalue weighted by molar-refractivity contribution is 7.99. The Kier molecular flexibility index (Phi) is 7.09. The van der Waals surface area contributed by atoms with Crippen LogP contribution in [0.2, 0.25) is 0 Å². The maximum Gasteiger partial charge on any atom is 0.230 e. The van der Waals surface area contributed by atoms with E-state index >= 15 is 0 Å². The Hall–Kier alpha value is -0.220. The standard InChI is InChI=1S/C9H20N2OS/c1-7(2)11-9(12)6-13-5-4-8(3)10/h7-8H,4-6,10H2,1-3H3,(H,11,12).